The molecular formula is C29H25N3O4S2. The van der Waals surface area contributed by atoms with Crippen molar-refractivity contribution in [2.24, 2.45) is 7.05 Å². The number of hydrogen-bond donors (Lipinski definition) is 2. The van der Waals surface area contributed by atoms with E-state index in [2.05, 4.69) is 22.5 Å². The highest BCUT2D eigenvalue weighted by atomic mass is 32.1. The molecule has 38 heavy (non-hydrogen) atoms. The minimum Gasteiger partial charge on any atom is -0.481 e. The molecule has 0 radical (unpaired) electrons. The number of aryl methyl sites for hydroxylation is 1. The van der Waals surface area contributed by atoms with E-state index in [1.807, 2.05) is 61.5 Å². The number of aromatic nitrogens is 2. The molecule has 3 aromatic heterocycles. The molecule has 1 amide bonds. The van der Waals surface area contributed by atoms with E-state index in [1.54, 1.807) is 40.6 Å². The van der Waals surface area contributed by atoms with Gasteiger partial charge in [-0.1, -0.05) is 54.6 Å². The molecule has 1 aliphatic carbocycles. The maximum Gasteiger partial charge on any atom is 0.413 e. The molecule has 0 bridgehead atoms. The van der Waals surface area contributed by atoms with Crippen LogP contribution in [0, 0.1) is 0 Å². The van der Waals surface area contributed by atoms with Gasteiger partial charge >= 0.3 is 12.1 Å². The molecule has 3 heterocycles. The van der Waals surface area contributed by atoms with Gasteiger partial charge in [0.2, 0.25) is 0 Å². The van der Waals surface area contributed by atoms with Gasteiger partial charge in [-0.25, -0.2) is 4.79 Å². The molecule has 1 atom stereocenters. The summed E-state index contributed by atoms with van der Waals surface area (Å²) in [6.45, 7) is 1.84. The number of hydrogen-bond acceptors (Lipinski definition) is 6. The van der Waals surface area contributed by atoms with Crippen molar-refractivity contribution in [1.29, 1.82) is 0 Å². The van der Waals surface area contributed by atoms with Crippen LogP contribution < -0.4 is 5.32 Å². The second-order valence-electron chi connectivity index (χ2n) is 9.53. The average molecular weight is 544 g/mol. The fourth-order valence-corrected chi connectivity index (χ4v) is 7.07. The van der Waals surface area contributed by atoms with Gasteiger partial charge in [-0.05, 0) is 48.6 Å². The molecule has 0 saturated heterocycles. The predicted octanol–water partition coefficient (Wildman–Crippen LogP) is 7.46. The zero-order valence-electron chi connectivity index (χ0n) is 20.8. The van der Waals surface area contributed by atoms with Crippen LogP contribution in [-0.4, -0.2) is 26.9 Å². The van der Waals surface area contributed by atoms with Gasteiger partial charge in [0.1, 0.15) is 11.9 Å². The zero-order valence-corrected chi connectivity index (χ0v) is 22.4. The third kappa shape index (κ3) is 4.37. The number of aliphatic carboxylic acids is 1. The Labute approximate surface area is 227 Å². The Morgan fingerprint density at radius 2 is 1.68 bits per heavy atom. The molecule has 2 N–H and O–H groups in total. The van der Waals surface area contributed by atoms with E-state index in [0.29, 0.717) is 18.7 Å². The maximum absolute atomic E-state index is 12.7. The number of carboxylic acids is 1. The number of carbonyl (C=O) groups excluding carboxylic acids is 1. The lowest BCUT2D eigenvalue weighted by molar-refractivity contribution is -0.140. The SMILES string of the molecule is C[C@@H](OC(=O)Nc1c(-c2cc3sc(-c4ccc(C5(C(=O)O)CC5)cc4)cc3s2)cnn1C)c1ccccc1. The number of ether oxygens (including phenoxy) is 1. The Balaban J connectivity index is 1.20. The highest BCUT2D eigenvalue weighted by Gasteiger charge is 2.51. The minimum atomic E-state index is -0.738. The summed E-state index contributed by atoms with van der Waals surface area (Å²) in [6.07, 6.45) is 2.24. The van der Waals surface area contributed by atoms with Crippen LogP contribution in [0.15, 0.2) is 72.9 Å². The molecule has 1 saturated carbocycles. The number of anilines is 1. The monoisotopic (exact) mass is 543 g/mol. The van der Waals surface area contributed by atoms with E-state index in [4.69, 9.17) is 4.74 Å². The highest BCUT2D eigenvalue weighted by Crippen LogP contribution is 2.49. The van der Waals surface area contributed by atoms with Gasteiger partial charge in [0.05, 0.1) is 17.2 Å². The molecule has 0 unspecified atom stereocenters. The standard InChI is InChI=1S/C29H25N3O4S2/c1-17(18-6-4-3-5-7-18)36-28(35)31-26-21(16-30-32(26)2)23-15-25-24(38-23)14-22(37-25)19-8-10-20(11-9-19)29(12-13-29)27(33)34/h3-11,14-17H,12-13H2,1-2H3,(H,31,35)(H,33,34)/t17-/m1/s1. The number of nitrogens with one attached hydrogen (secondary N) is 1. The summed E-state index contributed by atoms with van der Waals surface area (Å²) in [5.41, 5.74) is 3.02. The number of fused-ring (bicyclic) bond motifs is 1. The smallest absolute Gasteiger partial charge is 0.413 e. The number of nitrogens with zero attached hydrogens (tertiary/aromatic N) is 2. The molecular weight excluding hydrogens is 518 g/mol. The van der Waals surface area contributed by atoms with Crippen LogP contribution in [0.4, 0.5) is 10.6 Å². The van der Waals surface area contributed by atoms with Gasteiger partial charge in [0, 0.05) is 26.2 Å². The van der Waals surface area contributed by atoms with Gasteiger partial charge in [-0.15, -0.1) is 22.7 Å². The van der Waals surface area contributed by atoms with E-state index in [-0.39, 0.29) is 6.10 Å². The number of amides is 1. The van der Waals surface area contributed by atoms with Crippen molar-refractivity contribution < 1.29 is 19.4 Å². The van der Waals surface area contributed by atoms with E-state index in [1.165, 1.54) is 0 Å². The van der Waals surface area contributed by atoms with Crippen LogP contribution in [0.25, 0.3) is 30.3 Å². The van der Waals surface area contributed by atoms with Crippen LogP contribution in [0.1, 0.15) is 37.0 Å². The Morgan fingerprint density at radius 3 is 2.34 bits per heavy atom. The summed E-state index contributed by atoms with van der Waals surface area (Å²) in [4.78, 5) is 26.4. The van der Waals surface area contributed by atoms with Gasteiger partial charge in [-0.3, -0.25) is 14.8 Å². The summed E-state index contributed by atoms with van der Waals surface area (Å²) >= 11 is 3.33. The summed E-state index contributed by atoms with van der Waals surface area (Å²) < 4.78 is 9.51. The number of benzene rings is 2. The lowest BCUT2D eigenvalue weighted by Crippen LogP contribution is -2.19. The summed E-state index contributed by atoms with van der Waals surface area (Å²) in [5, 5.41) is 16.8. The molecule has 5 aromatic rings. The molecule has 1 aliphatic rings. The molecule has 0 aliphatic heterocycles. The van der Waals surface area contributed by atoms with E-state index in [9.17, 15) is 14.7 Å². The lowest BCUT2D eigenvalue weighted by atomic mass is 9.95. The van der Waals surface area contributed by atoms with Gasteiger partial charge in [0.15, 0.2) is 0 Å². The van der Waals surface area contributed by atoms with Crippen molar-refractivity contribution in [3.63, 3.8) is 0 Å². The molecule has 6 rings (SSSR count). The fraction of sp³-hybridized carbons (Fsp3) is 0.207. The first-order valence-corrected chi connectivity index (χ1v) is 13.9. The van der Waals surface area contributed by atoms with Crippen molar-refractivity contribution in [2.45, 2.75) is 31.3 Å². The van der Waals surface area contributed by atoms with E-state index >= 15 is 0 Å². The largest absolute Gasteiger partial charge is 0.481 e. The number of carbonyl (C=O) groups is 2. The molecule has 1 fully saturated rings. The quantitative estimate of drug-likeness (QED) is 0.222. The van der Waals surface area contributed by atoms with E-state index in [0.717, 1.165) is 41.4 Å². The zero-order chi connectivity index (χ0) is 26.4. The van der Waals surface area contributed by atoms with Crippen molar-refractivity contribution >= 4 is 50.0 Å². The summed E-state index contributed by atoms with van der Waals surface area (Å²) in [7, 11) is 1.79. The van der Waals surface area contributed by atoms with Gasteiger partial charge in [-0.2, -0.15) is 5.10 Å². The second kappa shape index (κ2) is 9.41. The first kappa shape index (κ1) is 24.4. The molecule has 192 valence electrons. The van der Waals surface area contributed by atoms with Gasteiger partial charge < -0.3 is 9.84 Å². The molecule has 9 heteroatoms. The topological polar surface area (TPSA) is 93.4 Å². The first-order chi connectivity index (χ1) is 18.3. The van der Waals surface area contributed by atoms with Crippen molar-refractivity contribution in [2.75, 3.05) is 5.32 Å². The first-order valence-electron chi connectivity index (χ1n) is 12.3. The molecule has 0 spiro atoms. The Kier molecular flexibility index (Phi) is 6.04. The predicted molar refractivity (Wildman–Crippen MR) is 151 cm³/mol. The minimum absolute atomic E-state index is 0.383. The van der Waals surface area contributed by atoms with Crippen molar-refractivity contribution in [3.8, 4) is 20.9 Å². The average Bonchev–Trinajstić information content (AvgIpc) is 3.34. The van der Waals surface area contributed by atoms with Crippen molar-refractivity contribution in [3.05, 3.63) is 84.1 Å². The maximum atomic E-state index is 12.7. The summed E-state index contributed by atoms with van der Waals surface area (Å²) in [6, 6.07) is 21.8. The normalized spacial score (nSPS) is 14.8. The lowest BCUT2D eigenvalue weighted by Gasteiger charge is -2.14. The Morgan fingerprint density at radius 1 is 1.03 bits per heavy atom. The second-order valence-corrected chi connectivity index (χ2v) is 11.7. The van der Waals surface area contributed by atoms with Crippen LogP contribution in [0.3, 0.4) is 0 Å². The third-order valence-corrected chi connectivity index (χ3v) is 9.44. The summed E-state index contributed by atoms with van der Waals surface area (Å²) in [5.74, 6) is -0.162. The van der Waals surface area contributed by atoms with E-state index < -0.39 is 17.5 Å². The van der Waals surface area contributed by atoms with Crippen LogP contribution in [0.2, 0.25) is 0 Å². The van der Waals surface area contributed by atoms with Gasteiger partial charge in [0.25, 0.3) is 0 Å². The number of thiophene rings is 2. The molecule has 7 nitrogen and oxygen atoms in total. The highest BCUT2D eigenvalue weighted by molar-refractivity contribution is 7.31. The third-order valence-electron chi connectivity index (χ3n) is 7.07. The van der Waals surface area contributed by atoms with Crippen molar-refractivity contribution in [1.82, 2.24) is 9.78 Å². The molecule has 2 aromatic carbocycles. The van der Waals surface area contributed by atoms with Crippen LogP contribution in [0.5, 0.6) is 0 Å². The fourth-order valence-electron chi connectivity index (χ4n) is 4.66. The van der Waals surface area contributed by atoms with Crippen LogP contribution in [-0.2, 0) is 22.0 Å². The number of carboxylic acid groups (broad SMARTS) is 1. The Hall–Kier alpha value is -3.95. The Bertz CT molecular complexity index is 1610. The van der Waals surface area contributed by atoms with Crippen LogP contribution >= 0.6 is 22.7 Å². The number of rotatable bonds is 7.